The summed E-state index contributed by atoms with van der Waals surface area (Å²) in [4.78, 5) is 16.5. The third-order valence-corrected chi connectivity index (χ3v) is 3.49. The fourth-order valence-electron chi connectivity index (χ4n) is 2.42. The van der Waals surface area contributed by atoms with Gasteiger partial charge in [0.1, 0.15) is 11.9 Å². The Morgan fingerprint density at radius 2 is 2.05 bits per heavy atom. The third-order valence-electron chi connectivity index (χ3n) is 3.49. The van der Waals surface area contributed by atoms with Crippen LogP contribution in [0.1, 0.15) is 38.2 Å². The molecule has 1 aliphatic rings. The maximum atomic E-state index is 11.1. The van der Waals surface area contributed by atoms with Gasteiger partial charge >= 0.3 is 5.97 Å². The first-order valence-corrected chi connectivity index (χ1v) is 6.86. The quantitative estimate of drug-likeness (QED) is 0.838. The van der Waals surface area contributed by atoms with E-state index in [-0.39, 0.29) is 24.2 Å². The van der Waals surface area contributed by atoms with Crippen LogP contribution < -0.4 is 0 Å². The van der Waals surface area contributed by atoms with E-state index < -0.39 is 5.97 Å². The lowest BCUT2D eigenvalue weighted by molar-refractivity contribution is -0.138. The molecule has 0 saturated carbocycles. The predicted octanol–water partition coefficient (Wildman–Crippen LogP) is 2.78. The third kappa shape index (κ3) is 3.29. The lowest BCUT2D eigenvalue weighted by atomic mass is 9.87. The number of unbranched alkanes of at least 4 members (excludes halogenated alkanes) is 1. The van der Waals surface area contributed by atoms with Gasteiger partial charge in [-0.05, 0) is 37.1 Å². The minimum atomic E-state index is -0.853. The van der Waals surface area contributed by atoms with Crippen LogP contribution in [0.25, 0.3) is 0 Å². The number of oxime groups is 1. The first-order chi connectivity index (χ1) is 9.61. The summed E-state index contributed by atoms with van der Waals surface area (Å²) in [6, 6.07) is 6.59. The van der Waals surface area contributed by atoms with Gasteiger partial charge in [0.2, 0.25) is 0 Å². The first-order valence-electron chi connectivity index (χ1n) is 6.86. The average molecular weight is 277 g/mol. The molecule has 2 N–H and O–H groups in total. The van der Waals surface area contributed by atoms with Crippen LogP contribution in [0.15, 0.2) is 29.4 Å². The molecule has 0 saturated heterocycles. The summed E-state index contributed by atoms with van der Waals surface area (Å²) < 4.78 is 0. The number of hydrogen-bond donors (Lipinski definition) is 2. The monoisotopic (exact) mass is 277 g/mol. The van der Waals surface area contributed by atoms with Crippen LogP contribution in [0.4, 0.5) is 0 Å². The number of carboxylic acids is 1. The Kier molecular flexibility index (Phi) is 4.61. The number of hydrogen-bond acceptors (Lipinski definition) is 4. The second-order valence-corrected chi connectivity index (χ2v) is 5.01. The van der Waals surface area contributed by atoms with E-state index in [0.29, 0.717) is 5.71 Å². The number of benzene rings is 1. The second-order valence-electron chi connectivity index (χ2n) is 5.01. The smallest absolute Gasteiger partial charge is 0.304 e. The van der Waals surface area contributed by atoms with Crippen LogP contribution in [0.2, 0.25) is 0 Å². The summed E-state index contributed by atoms with van der Waals surface area (Å²) in [5, 5.41) is 22.5. The van der Waals surface area contributed by atoms with Gasteiger partial charge in [-0.25, -0.2) is 0 Å². The molecule has 2 unspecified atom stereocenters. The molecule has 0 aliphatic carbocycles. The number of rotatable bonds is 6. The van der Waals surface area contributed by atoms with Gasteiger partial charge in [0.15, 0.2) is 0 Å². The number of nitrogens with zero attached hydrogens (tertiary/aromatic N) is 1. The summed E-state index contributed by atoms with van der Waals surface area (Å²) in [7, 11) is 0. The molecular weight excluding hydrogens is 258 g/mol. The van der Waals surface area contributed by atoms with Gasteiger partial charge in [-0.15, -0.1) is 0 Å². The Balaban J connectivity index is 2.18. The largest absolute Gasteiger partial charge is 0.508 e. The highest BCUT2D eigenvalue weighted by atomic mass is 16.6. The minimum absolute atomic E-state index is 0.00803. The molecule has 5 heteroatoms. The van der Waals surface area contributed by atoms with E-state index in [4.69, 9.17) is 9.94 Å². The zero-order chi connectivity index (χ0) is 14.5. The van der Waals surface area contributed by atoms with Gasteiger partial charge in [0, 0.05) is 5.56 Å². The van der Waals surface area contributed by atoms with Crippen molar-refractivity contribution in [2.75, 3.05) is 0 Å². The van der Waals surface area contributed by atoms with Crippen molar-refractivity contribution >= 4 is 11.7 Å². The van der Waals surface area contributed by atoms with Crippen molar-refractivity contribution in [3.05, 3.63) is 29.8 Å². The van der Waals surface area contributed by atoms with Gasteiger partial charge in [0.05, 0.1) is 18.1 Å². The van der Waals surface area contributed by atoms with Gasteiger partial charge in [-0.1, -0.05) is 18.5 Å². The van der Waals surface area contributed by atoms with Crippen molar-refractivity contribution in [1.29, 1.82) is 0 Å². The summed E-state index contributed by atoms with van der Waals surface area (Å²) in [5.74, 6) is -0.914. The Morgan fingerprint density at radius 1 is 1.35 bits per heavy atom. The van der Waals surface area contributed by atoms with Crippen LogP contribution in [0.5, 0.6) is 5.75 Å². The lowest BCUT2D eigenvalue weighted by Crippen LogP contribution is -2.26. The first kappa shape index (κ1) is 14.4. The molecule has 2 atom stereocenters. The van der Waals surface area contributed by atoms with Crippen molar-refractivity contribution < 1.29 is 19.8 Å². The molecule has 1 aromatic carbocycles. The molecule has 1 aromatic rings. The number of aliphatic carboxylic acids is 1. The molecular formula is C15H19NO4. The Bertz CT molecular complexity index is 495. The summed E-state index contributed by atoms with van der Waals surface area (Å²) >= 11 is 0. The van der Waals surface area contributed by atoms with Crippen LogP contribution in [0, 0.1) is 5.92 Å². The fourth-order valence-corrected chi connectivity index (χ4v) is 2.42. The standard InChI is InChI=1S/C15H19NO4/c1-2-3-4-13-12(9-14(18)19)15(16-20-13)10-5-7-11(17)8-6-10/h5-8,12-13,17H,2-4,9H2,1H3,(H,18,19). The van der Waals surface area contributed by atoms with E-state index in [0.717, 1.165) is 24.8 Å². The minimum Gasteiger partial charge on any atom is -0.508 e. The SMILES string of the molecule is CCCCC1ON=C(c2ccc(O)cc2)C1CC(=O)O. The number of aromatic hydroxyl groups is 1. The van der Waals surface area contributed by atoms with Gasteiger partial charge in [-0.2, -0.15) is 0 Å². The maximum absolute atomic E-state index is 11.1. The van der Waals surface area contributed by atoms with Crippen LogP contribution in [-0.2, 0) is 9.63 Å². The normalized spacial score (nSPS) is 21.4. The Hall–Kier alpha value is -2.04. The Labute approximate surface area is 117 Å². The number of carboxylic acid groups (broad SMARTS) is 1. The highest BCUT2D eigenvalue weighted by molar-refractivity contribution is 6.04. The maximum Gasteiger partial charge on any atom is 0.304 e. The summed E-state index contributed by atoms with van der Waals surface area (Å²) in [6.07, 6.45) is 2.66. The topological polar surface area (TPSA) is 79.1 Å². The molecule has 20 heavy (non-hydrogen) atoms. The van der Waals surface area contributed by atoms with Crippen molar-refractivity contribution in [3.63, 3.8) is 0 Å². The van der Waals surface area contributed by atoms with Gasteiger partial charge < -0.3 is 15.1 Å². The van der Waals surface area contributed by atoms with E-state index in [2.05, 4.69) is 12.1 Å². The van der Waals surface area contributed by atoms with E-state index in [1.54, 1.807) is 24.3 Å². The molecule has 0 amide bonds. The summed E-state index contributed by atoms with van der Waals surface area (Å²) in [6.45, 7) is 2.09. The molecule has 1 heterocycles. The van der Waals surface area contributed by atoms with Crippen LogP contribution >= 0.6 is 0 Å². The Morgan fingerprint density at radius 3 is 2.65 bits per heavy atom. The second kappa shape index (κ2) is 6.41. The van der Waals surface area contributed by atoms with Crippen molar-refractivity contribution in [2.24, 2.45) is 11.1 Å². The summed E-state index contributed by atoms with van der Waals surface area (Å²) in [5.41, 5.74) is 1.46. The highest BCUT2D eigenvalue weighted by Gasteiger charge is 2.36. The van der Waals surface area contributed by atoms with Crippen LogP contribution in [0.3, 0.4) is 0 Å². The molecule has 0 bridgehead atoms. The molecule has 0 fully saturated rings. The molecule has 0 radical (unpaired) electrons. The number of carbonyl (C=O) groups is 1. The molecule has 1 aliphatic heterocycles. The highest BCUT2D eigenvalue weighted by Crippen LogP contribution is 2.29. The van der Waals surface area contributed by atoms with Crippen molar-refractivity contribution in [1.82, 2.24) is 0 Å². The molecule has 2 rings (SSSR count). The predicted molar refractivity (Wildman–Crippen MR) is 74.8 cm³/mol. The van der Waals surface area contributed by atoms with Crippen molar-refractivity contribution in [3.8, 4) is 5.75 Å². The number of phenols is 1. The fraction of sp³-hybridized carbons (Fsp3) is 0.467. The average Bonchev–Trinajstić information content (AvgIpc) is 2.79. The van der Waals surface area contributed by atoms with E-state index in [9.17, 15) is 9.90 Å². The molecule has 0 aromatic heterocycles. The lowest BCUT2D eigenvalue weighted by Gasteiger charge is -2.17. The number of phenolic OH excluding ortho intramolecular Hbond substituents is 1. The van der Waals surface area contributed by atoms with Crippen LogP contribution in [-0.4, -0.2) is 28.0 Å². The van der Waals surface area contributed by atoms with E-state index in [1.807, 2.05) is 0 Å². The van der Waals surface area contributed by atoms with Crippen molar-refractivity contribution in [2.45, 2.75) is 38.7 Å². The molecule has 108 valence electrons. The van der Waals surface area contributed by atoms with E-state index in [1.165, 1.54) is 0 Å². The zero-order valence-electron chi connectivity index (χ0n) is 11.5. The van der Waals surface area contributed by atoms with Gasteiger partial charge in [0.25, 0.3) is 0 Å². The molecule has 5 nitrogen and oxygen atoms in total. The zero-order valence-corrected chi connectivity index (χ0v) is 11.5. The van der Waals surface area contributed by atoms with Gasteiger partial charge in [-0.3, -0.25) is 4.79 Å². The molecule has 0 spiro atoms. The van der Waals surface area contributed by atoms with E-state index >= 15 is 0 Å².